The average molecular weight is 377 g/mol. The molecule has 0 bridgehead atoms. The molecule has 2 aromatic carbocycles. The molecule has 0 aliphatic carbocycles. The molecule has 0 saturated carbocycles. The van der Waals surface area contributed by atoms with Gasteiger partial charge in [-0.1, -0.05) is 29.8 Å². The van der Waals surface area contributed by atoms with Crippen LogP contribution in [-0.4, -0.2) is 25.1 Å². The van der Waals surface area contributed by atoms with E-state index in [0.717, 1.165) is 5.69 Å². The molecule has 1 aromatic heterocycles. The van der Waals surface area contributed by atoms with Gasteiger partial charge < -0.3 is 20.1 Å². The van der Waals surface area contributed by atoms with Gasteiger partial charge in [0.1, 0.15) is 17.3 Å². The molecule has 3 rings (SSSR count). The fourth-order valence-corrected chi connectivity index (χ4v) is 2.73. The van der Waals surface area contributed by atoms with Crippen LogP contribution in [0, 0.1) is 6.92 Å². The largest absolute Gasteiger partial charge is 0.497 e. The molecular weight excluding hydrogens is 354 g/mol. The molecule has 0 atom stereocenters. The summed E-state index contributed by atoms with van der Waals surface area (Å²) in [5.74, 6) is 1.28. The molecular formula is C22H23N3O3. The SMILES string of the molecule is COc1cc(OC)cc(C(=O)Nc2ccc(NCc3cccc(C)c3)cn2)c1. The molecule has 0 spiro atoms. The van der Waals surface area contributed by atoms with Crippen molar-refractivity contribution in [3.05, 3.63) is 77.5 Å². The predicted octanol–water partition coefficient (Wildman–Crippen LogP) is 4.27. The number of amides is 1. The maximum atomic E-state index is 12.5. The smallest absolute Gasteiger partial charge is 0.257 e. The van der Waals surface area contributed by atoms with Crippen molar-refractivity contribution in [3.63, 3.8) is 0 Å². The Hall–Kier alpha value is -3.54. The molecule has 6 heteroatoms. The van der Waals surface area contributed by atoms with E-state index in [-0.39, 0.29) is 5.91 Å². The number of anilines is 2. The normalized spacial score (nSPS) is 10.2. The fraction of sp³-hybridized carbons (Fsp3) is 0.182. The Bertz CT molecular complexity index is 933. The van der Waals surface area contributed by atoms with Crippen molar-refractivity contribution in [3.8, 4) is 11.5 Å². The zero-order valence-electron chi connectivity index (χ0n) is 16.2. The minimum absolute atomic E-state index is 0.287. The first-order valence-corrected chi connectivity index (χ1v) is 8.87. The lowest BCUT2D eigenvalue weighted by Crippen LogP contribution is -2.13. The van der Waals surface area contributed by atoms with E-state index in [1.54, 1.807) is 44.7 Å². The van der Waals surface area contributed by atoms with Crippen LogP contribution in [0.15, 0.2) is 60.8 Å². The minimum Gasteiger partial charge on any atom is -0.497 e. The number of methoxy groups -OCH3 is 2. The highest BCUT2D eigenvalue weighted by molar-refractivity contribution is 6.04. The number of carbonyl (C=O) groups excluding carboxylic acids is 1. The summed E-state index contributed by atoms with van der Waals surface area (Å²) in [5, 5.41) is 6.10. The van der Waals surface area contributed by atoms with Gasteiger partial charge in [0.2, 0.25) is 0 Å². The number of ether oxygens (including phenoxy) is 2. The Labute approximate surface area is 164 Å². The van der Waals surface area contributed by atoms with Gasteiger partial charge in [0.05, 0.1) is 26.1 Å². The molecule has 0 aliphatic rings. The Balaban J connectivity index is 1.63. The third-order valence-electron chi connectivity index (χ3n) is 4.20. The summed E-state index contributed by atoms with van der Waals surface area (Å²) < 4.78 is 10.4. The molecule has 0 unspecified atom stereocenters. The zero-order valence-corrected chi connectivity index (χ0v) is 16.2. The Kier molecular flexibility index (Phi) is 6.11. The number of aromatic nitrogens is 1. The van der Waals surface area contributed by atoms with Crippen LogP contribution in [0.2, 0.25) is 0 Å². The van der Waals surface area contributed by atoms with Crippen molar-refractivity contribution in [1.29, 1.82) is 0 Å². The lowest BCUT2D eigenvalue weighted by atomic mass is 10.1. The molecule has 2 N–H and O–H groups in total. The first-order chi connectivity index (χ1) is 13.6. The molecule has 0 aliphatic heterocycles. The number of aryl methyl sites for hydroxylation is 1. The Morgan fingerprint density at radius 3 is 2.36 bits per heavy atom. The van der Waals surface area contributed by atoms with Crippen LogP contribution in [0.4, 0.5) is 11.5 Å². The van der Waals surface area contributed by atoms with E-state index in [0.29, 0.717) is 29.4 Å². The van der Waals surface area contributed by atoms with Gasteiger partial charge in [-0.2, -0.15) is 0 Å². The molecule has 28 heavy (non-hydrogen) atoms. The summed E-state index contributed by atoms with van der Waals surface area (Å²) in [5.41, 5.74) is 3.73. The van der Waals surface area contributed by atoms with Crippen molar-refractivity contribution in [2.45, 2.75) is 13.5 Å². The van der Waals surface area contributed by atoms with E-state index in [2.05, 4.69) is 40.7 Å². The zero-order chi connectivity index (χ0) is 19.9. The van der Waals surface area contributed by atoms with Gasteiger partial charge in [-0.15, -0.1) is 0 Å². The van der Waals surface area contributed by atoms with Crippen molar-refractivity contribution in [1.82, 2.24) is 4.98 Å². The van der Waals surface area contributed by atoms with Crippen LogP contribution in [0.3, 0.4) is 0 Å². The maximum absolute atomic E-state index is 12.5. The second-order valence-corrected chi connectivity index (χ2v) is 6.33. The van der Waals surface area contributed by atoms with Crippen molar-refractivity contribution < 1.29 is 14.3 Å². The number of carbonyl (C=O) groups is 1. The summed E-state index contributed by atoms with van der Waals surface area (Å²) in [6.07, 6.45) is 1.69. The topological polar surface area (TPSA) is 72.5 Å². The lowest BCUT2D eigenvalue weighted by Gasteiger charge is -2.10. The highest BCUT2D eigenvalue weighted by Gasteiger charge is 2.11. The van der Waals surface area contributed by atoms with Crippen LogP contribution in [-0.2, 0) is 6.54 Å². The molecule has 0 fully saturated rings. The number of rotatable bonds is 7. The Morgan fingerprint density at radius 2 is 1.75 bits per heavy atom. The standard InChI is InChI=1S/C22H23N3O3/c1-15-5-4-6-16(9-15)13-23-18-7-8-21(24-14-18)25-22(26)17-10-19(27-2)12-20(11-17)28-3/h4-12,14,23H,13H2,1-3H3,(H,24,25,26). The summed E-state index contributed by atoms with van der Waals surface area (Å²) in [6.45, 7) is 2.78. The minimum atomic E-state index is -0.287. The molecule has 3 aromatic rings. The van der Waals surface area contributed by atoms with E-state index >= 15 is 0 Å². The van der Waals surface area contributed by atoms with Gasteiger partial charge in [0.15, 0.2) is 0 Å². The van der Waals surface area contributed by atoms with Gasteiger partial charge in [-0.3, -0.25) is 4.79 Å². The summed E-state index contributed by atoms with van der Waals surface area (Å²) >= 11 is 0. The van der Waals surface area contributed by atoms with Crippen LogP contribution in [0.1, 0.15) is 21.5 Å². The quantitative estimate of drug-likeness (QED) is 0.643. The van der Waals surface area contributed by atoms with Gasteiger partial charge in [-0.25, -0.2) is 4.98 Å². The van der Waals surface area contributed by atoms with E-state index in [9.17, 15) is 4.79 Å². The molecule has 1 amide bonds. The van der Waals surface area contributed by atoms with Crippen LogP contribution < -0.4 is 20.1 Å². The lowest BCUT2D eigenvalue weighted by molar-refractivity contribution is 0.102. The number of pyridine rings is 1. The second kappa shape index (κ2) is 8.90. The highest BCUT2D eigenvalue weighted by atomic mass is 16.5. The fourth-order valence-electron chi connectivity index (χ4n) is 2.73. The monoisotopic (exact) mass is 377 g/mol. The first-order valence-electron chi connectivity index (χ1n) is 8.87. The Morgan fingerprint density at radius 1 is 1.00 bits per heavy atom. The van der Waals surface area contributed by atoms with E-state index in [4.69, 9.17) is 9.47 Å². The number of benzene rings is 2. The van der Waals surface area contributed by atoms with Gasteiger partial charge in [-0.05, 0) is 36.8 Å². The molecule has 6 nitrogen and oxygen atoms in total. The van der Waals surface area contributed by atoms with Crippen molar-refractivity contribution >= 4 is 17.4 Å². The maximum Gasteiger partial charge on any atom is 0.257 e. The van der Waals surface area contributed by atoms with E-state index in [1.165, 1.54) is 11.1 Å². The van der Waals surface area contributed by atoms with Crippen molar-refractivity contribution in [2.24, 2.45) is 0 Å². The number of nitrogens with one attached hydrogen (secondary N) is 2. The second-order valence-electron chi connectivity index (χ2n) is 6.33. The summed E-state index contributed by atoms with van der Waals surface area (Å²) in [4.78, 5) is 16.8. The van der Waals surface area contributed by atoms with E-state index < -0.39 is 0 Å². The van der Waals surface area contributed by atoms with Gasteiger partial charge >= 0.3 is 0 Å². The number of hydrogen-bond acceptors (Lipinski definition) is 5. The van der Waals surface area contributed by atoms with Crippen LogP contribution in [0.25, 0.3) is 0 Å². The molecule has 0 radical (unpaired) electrons. The average Bonchev–Trinajstić information content (AvgIpc) is 2.72. The third kappa shape index (κ3) is 5.01. The first kappa shape index (κ1) is 19.2. The molecule has 1 heterocycles. The predicted molar refractivity (Wildman–Crippen MR) is 110 cm³/mol. The van der Waals surface area contributed by atoms with Crippen molar-refractivity contribution in [2.75, 3.05) is 24.9 Å². The summed E-state index contributed by atoms with van der Waals surface area (Å²) in [6, 6.07) is 17.0. The summed E-state index contributed by atoms with van der Waals surface area (Å²) in [7, 11) is 3.08. The number of nitrogens with zero attached hydrogens (tertiary/aromatic N) is 1. The molecule has 144 valence electrons. The van der Waals surface area contributed by atoms with Gasteiger partial charge in [0, 0.05) is 18.2 Å². The van der Waals surface area contributed by atoms with Crippen LogP contribution >= 0.6 is 0 Å². The molecule has 0 saturated heterocycles. The third-order valence-corrected chi connectivity index (χ3v) is 4.20. The number of hydrogen-bond donors (Lipinski definition) is 2. The highest BCUT2D eigenvalue weighted by Crippen LogP contribution is 2.23. The van der Waals surface area contributed by atoms with E-state index in [1.807, 2.05) is 12.1 Å². The van der Waals surface area contributed by atoms with Gasteiger partial charge in [0.25, 0.3) is 5.91 Å². The van der Waals surface area contributed by atoms with Crippen LogP contribution in [0.5, 0.6) is 11.5 Å².